The van der Waals surface area contributed by atoms with E-state index in [1.165, 1.54) is 6.92 Å². The van der Waals surface area contributed by atoms with E-state index in [-0.39, 0.29) is 6.54 Å². The van der Waals surface area contributed by atoms with Crippen LogP contribution in [-0.4, -0.2) is 36.1 Å². The molecule has 0 radical (unpaired) electrons. The smallest absolute Gasteiger partial charge is 0.333 e. The standard InChI is InChI=1S/C9H17F3N2O/c1-3-5-7(13)8(15)14(4-2)6-9(10,11)12/h7H,3-6,13H2,1-2H3. The van der Waals surface area contributed by atoms with E-state index in [0.717, 1.165) is 4.90 Å². The fraction of sp³-hybridized carbons (Fsp3) is 0.889. The Kier molecular flexibility index (Phi) is 5.64. The highest BCUT2D eigenvalue weighted by Crippen LogP contribution is 2.17. The molecule has 15 heavy (non-hydrogen) atoms. The van der Waals surface area contributed by atoms with Crippen LogP contribution < -0.4 is 5.73 Å². The summed E-state index contributed by atoms with van der Waals surface area (Å²) in [5.74, 6) is -0.628. The summed E-state index contributed by atoms with van der Waals surface area (Å²) in [5.41, 5.74) is 5.46. The molecule has 0 aliphatic rings. The van der Waals surface area contributed by atoms with Gasteiger partial charge < -0.3 is 10.6 Å². The quantitative estimate of drug-likeness (QED) is 0.772. The number of nitrogens with zero attached hydrogens (tertiary/aromatic N) is 1. The van der Waals surface area contributed by atoms with Crippen molar-refractivity contribution in [3.63, 3.8) is 0 Å². The van der Waals surface area contributed by atoms with Crippen molar-refractivity contribution in [2.24, 2.45) is 5.73 Å². The lowest BCUT2D eigenvalue weighted by molar-refractivity contribution is -0.161. The number of halogens is 3. The molecule has 6 heteroatoms. The molecule has 0 rings (SSSR count). The van der Waals surface area contributed by atoms with E-state index in [1.54, 1.807) is 0 Å². The van der Waals surface area contributed by atoms with Crippen molar-refractivity contribution in [2.75, 3.05) is 13.1 Å². The molecule has 0 aromatic heterocycles. The van der Waals surface area contributed by atoms with Gasteiger partial charge in [0.05, 0.1) is 6.04 Å². The van der Waals surface area contributed by atoms with Crippen LogP contribution >= 0.6 is 0 Å². The van der Waals surface area contributed by atoms with E-state index in [2.05, 4.69) is 0 Å². The van der Waals surface area contributed by atoms with Crippen molar-refractivity contribution in [3.05, 3.63) is 0 Å². The van der Waals surface area contributed by atoms with Gasteiger partial charge in [0.2, 0.25) is 5.91 Å². The second kappa shape index (κ2) is 5.95. The van der Waals surface area contributed by atoms with Gasteiger partial charge in [-0.05, 0) is 13.3 Å². The van der Waals surface area contributed by atoms with Gasteiger partial charge in [-0.25, -0.2) is 0 Å². The molecule has 0 aliphatic carbocycles. The molecule has 0 saturated heterocycles. The molecule has 90 valence electrons. The van der Waals surface area contributed by atoms with Crippen LogP contribution in [0.3, 0.4) is 0 Å². The van der Waals surface area contributed by atoms with Gasteiger partial charge in [-0.3, -0.25) is 4.79 Å². The second-order valence-corrected chi connectivity index (χ2v) is 3.36. The highest BCUT2D eigenvalue weighted by atomic mass is 19.4. The highest BCUT2D eigenvalue weighted by Gasteiger charge is 2.33. The zero-order chi connectivity index (χ0) is 12.1. The Hall–Kier alpha value is -0.780. The summed E-state index contributed by atoms with van der Waals surface area (Å²) >= 11 is 0. The molecule has 1 amide bonds. The van der Waals surface area contributed by atoms with E-state index in [1.807, 2.05) is 6.92 Å². The first kappa shape index (κ1) is 14.2. The van der Waals surface area contributed by atoms with Crippen LogP contribution in [-0.2, 0) is 4.79 Å². The van der Waals surface area contributed by atoms with Gasteiger partial charge in [-0.2, -0.15) is 13.2 Å². The number of carbonyl (C=O) groups is 1. The molecule has 0 heterocycles. The van der Waals surface area contributed by atoms with E-state index in [9.17, 15) is 18.0 Å². The average molecular weight is 226 g/mol. The van der Waals surface area contributed by atoms with Crippen LogP contribution in [0.4, 0.5) is 13.2 Å². The number of alkyl halides is 3. The van der Waals surface area contributed by atoms with E-state index in [0.29, 0.717) is 12.8 Å². The van der Waals surface area contributed by atoms with Gasteiger partial charge in [0.25, 0.3) is 0 Å². The van der Waals surface area contributed by atoms with Gasteiger partial charge in [-0.15, -0.1) is 0 Å². The van der Waals surface area contributed by atoms with E-state index >= 15 is 0 Å². The van der Waals surface area contributed by atoms with Crippen molar-refractivity contribution >= 4 is 5.91 Å². The second-order valence-electron chi connectivity index (χ2n) is 3.36. The number of hydrogen-bond donors (Lipinski definition) is 1. The summed E-state index contributed by atoms with van der Waals surface area (Å²) in [7, 11) is 0. The number of rotatable bonds is 5. The largest absolute Gasteiger partial charge is 0.406 e. The molecule has 3 nitrogen and oxygen atoms in total. The summed E-state index contributed by atoms with van der Waals surface area (Å²) < 4.78 is 36.2. The van der Waals surface area contributed by atoms with Crippen molar-refractivity contribution in [1.82, 2.24) is 4.90 Å². The molecular formula is C9H17F3N2O. The minimum Gasteiger partial charge on any atom is -0.333 e. The Morgan fingerprint density at radius 1 is 1.40 bits per heavy atom. The molecule has 0 aromatic carbocycles. The van der Waals surface area contributed by atoms with Crippen LogP contribution in [0, 0.1) is 0 Å². The normalized spacial score (nSPS) is 13.7. The lowest BCUT2D eigenvalue weighted by atomic mass is 10.1. The first-order chi connectivity index (χ1) is 6.81. The van der Waals surface area contributed by atoms with E-state index < -0.39 is 24.7 Å². The number of carbonyl (C=O) groups excluding carboxylic acids is 1. The van der Waals surface area contributed by atoms with Gasteiger partial charge in [-0.1, -0.05) is 13.3 Å². The van der Waals surface area contributed by atoms with Gasteiger partial charge in [0.15, 0.2) is 0 Å². The zero-order valence-corrected chi connectivity index (χ0v) is 8.97. The van der Waals surface area contributed by atoms with Crippen LogP contribution in [0.2, 0.25) is 0 Å². The maximum Gasteiger partial charge on any atom is 0.406 e. The maximum absolute atomic E-state index is 12.1. The summed E-state index contributed by atoms with van der Waals surface area (Å²) in [5, 5.41) is 0. The predicted molar refractivity (Wildman–Crippen MR) is 51.2 cm³/mol. The van der Waals surface area contributed by atoms with Crippen LogP contribution in [0.5, 0.6) is 0 Å². The summed E-state index contributed by atoms with van der Waals surface area (Å²) in [6.07, 6.45) is -3.28. The monoisotopic (exact) mass is 226 g/mol. The fourth-order valence-corrected chi connectivity index (χ4v) is 1.23. The molecular weight excluding hydrogens is 209 g/mol. The van der Waals surface area contributed by atoms with Crippen molar-refractivity contribution in [2.45, 2.75) is 38.9 Å². The lowest BCUT2D eigenvalue weighted by Gasteiger charge is -2.25. The lowest BCUT2D eigenvalue weighted by Crippen LogP contribution is -2.47. The highest BCUT2D eigenvalue weighted by molar-refractivity contribution is 5.81. The number of hydrogen-bond acceptors (Lipinski definition) is 2. The molecule has 1 unspecified atom stereocenters. The third-order valence-corrected chi connectivity index (χ3v) is 1.98. The third kappa shape index (κ3) is 5.61. The third-order valence-electron chi connectivity index (χ3n) is 1.98. The Balaban J connectivity index is 4.34. The molecule has 0 saturated carbocycles. The fourth-order valence-electron chi connectivity index (χ4n) is 1.23. The van der Waals surface area contributed by atoms with Crippen molar-refractivity contribution in [3.8, 4) is 0 Å². The first-order valence-electron chi connectivity index (χ1n) is 4.93. The van der Waals surface area contributed by atoms with E-state index in [4.69, 9.17) is 5.73 Å². The first-order valence-corrected chi connectivity index (χ1v) is 4.93. The van der Waals surface area contributed by atoms with Gasteiger partial charge in [0.1, 0.15) is 6.54 Å². The topological polar surface area (TPSA) is 46.3 Å². The van der Waals surface area contributed by atoms with Gasteiger partial charge >= 0.3 is 6.18 Å². The summed E-state index contributed by atoms with van der Waals surface area (Å²) in [6.45, 7) is 2.13. The summed E-state index contributed by atoms with van der Waals surface area (Å²) in [6, 6.07) is -0.822. The Bertz CT molecular complexity index is 206. The maximum atomic E-state index is 12.1. The number of nitrogens with two attached hydrogens (primary N) is 1. The molecule has 0 bridgehead atoms. The van der Waals surface area contributed by atoms with Crippen LogP contribution in [0.15, 0.2) is 0 Å². The summed E-state index contributed by atoms with van der Waals surface area (Å²) in [4.78, 5) is 12.2. The van der Waals surface area contributed by atoms with Gasteiger partial charge in [0, 0.05) is 6.54 Å². The number of amides is 1. The SMILES string of the molecule is CCCC(N)C(=O)N(CC)CC(F)(F)F. The number of likely N-dealkylation sites (N-methyl/N-ethyl adjacent to an activating group) is 1. The predicted octanol–water partition coefficient (Wildman–Crippen LogP) is 1.52. The molecule has 1 atom stereocenters. The van der Waals surface area contributed by atoms with Crippen LogP contribution in [0.25, 0.3) is 0 Å². The molecule has 0 fully saturated rings. The minimum atomic E-state index is -4.36. The Labute approximate surface area is 87.4 Å². The zero-order valence-electron chi connectivity index (χ0n) is 8.97. The Morgan fingerprint density at radius 3 is 2.27 bits per heavy atom. The van der Waals surface area contributed by atoms with Crippen molar-refractivity contribution in [1.29, 1.82) is 0 Å². The Morgan fingerprint density at radius 2 is 1.93 bits per heavy atom. The van der Waals surface area contributed by atoms with Crippen LogP contribution in [0.1, 0.15) is 26.7 Å². The average Bonchev–Trinajstić information content (AvgIpc) is 2.12. The molecule has 0 aromatic rings. The molecule has 0 aliphatic heterocycles. The molecule has 2 N–H and O–H groups in total. The molecule has 0 spiro atoms. The van der Waals surface area contributed by atoms with Crippen molar-refractivity contribution < 1.29 is 18.0 Å². The minimum absolute atomic E-state index is 0.0236.